The van der Waals surface area contributed by atoms with Crippen molar-refractivity contribution in [3.05, 3.63) is 91.6 Å². The maximum atomic E-state index is 12.4. The van der Waals surface area contributed by atoms with Gasteiger partial charge in [0.15, 0.2) is 0 Å². The molecule has 1 heterocycles. The van der Waals surface area contributed by atoms with Crippen LogP contribution in [0.25, 0.3) is 5.69 Å². The van der Waals surface area contributed by atoms with Crippen molar-refractivity contribution in [1.29, 1.82) is 0 Å². The normalized spacial score (nSPS) is 11.3. The van der Waals surface area contributed by atoms with E-state index < -0.39 is 23.0 Å². The number of halogens is 1. The van der Waals surface area contributed by atoms with Crippen molar-refractivity contribution >= 4 is 23.2 Å². The number of rotatable bonds is 5. The number of aromatic hydroxyl groups is 1. The molecule has 3 aromatic rings. The van der Waals surface area contributed by atoms with Crippen LogP contribution in [0.15, 0.2) is 69.3 Å². The highest BCUT2D eigenvalue weighted by Gasteiger charge is 2.20. The number of aromatic amines is 1. The summed E-state index contributed by atoms with van der Waals surface area (Å²) >= 11 is 6.00. The van der Waals surface area contributed by atoms with Crippen LogP contribution < -0.4 is 16.7 Å². The Balaban J connectivity index is 2.05. The number of hydrazone groups is 1. The summed E-state index contributed by atoms with van der Waals surface area (Å²) in [5.74, 6) is -1.15. The summed E-state index contributed by atoms with van der Waals surface area (Å²) in [4.78, 5) is 39.1. The lowest BCUT2D eigenvalue weighted by atomic mass is 10.1. The number of carbonyl (C=O) groups is 1. The lowest BCUT2D eigenvalue weighted by molar-refractivity contribution is 0.0955. The Morgan fingerprint density at radius 3 is 2.45 bits per heavy atom. The van der Waals surface area contributed by atoms with Crippen LogP contribution in [0.5, 0.6) is 5.88 Å². The molecule has 0 saturated heterocycles. The minimum absolute atomic E-state index is 0.0915. The molecule has 0 bridgehead atoms. The predicted octanol–water partition coefficient (Wildman–Crippen LogP) is 2.43. The van der Waals surface area contributed by atoms with Crippen LogP contribution in [0.3, 0.4) is 0 Å². The number of H-pyrrole nitrogens is 1. The van der Waals surface area contributed by atoms with Gasteiger partial charge in [0, 0.05) is 0 Å². The number of nitrogens with zero attached hydrogens (tertiary/aromatic N) is 2. The van der Waals surface area contributed by atoms with E-state index in [-0.39, 0.29) is 28.3 Å². The molecule has 0 spiro atoms. The minimum atomic E-state index is -0.813. The fourth-order valence-corrected chi connectivity index (χ4v) is 2.96. The summed E-state index contributed by atoms with van der Waals surface area (Å²) in [6, 6.07) is 14.8. The molecule has 0 aliphatic heterocycles. The Morgan fingerprint density at radius 2 is 1.79 bits per heavy atom. The monoisotopic (exact) mass is 412 g/mol. The Hall–Kier alpha value is -3.65. The van der Waals surface area contributed by atoms with Crippen LogP contribution in [0, 0.1) is 0 Å². The third kappa shape index (κ3) is 4.12. The molecule has 9 heteroatoms. The van der Waals surface area contributed by atoms with Gasteiger partial charge in [0.2, 0.25) is 5.88 Å². The van der Waals surface area contributed by atoms with Crippen molar-refractivity contribution in [2.24, 2.45) is 5.10 Å². The lowest BCUT2D eigenvalue weighted by Gasteiger charge is -2.12. The molecule has 1 amide bonds. The molecule has 0 radical (unpaired) electrons. The van der Waals surface area contributed by atoms with Gasteiger partial charge in [-0.3, -0.25) is 14.6 Å². The van der Waals surface area contributed by atoms with Crippen LogP contribution in [0.4, 0.5) is 0 Å². The van der Waals surface area contributed by atoms with Gasteiger partial charge in [-0.05, 0) is 30.7 Å². The van der Waals surface area contributed by atoms with E-state index in [1.165, 1.54) is 6.07 Å². The topological polar surface area (TPSA) is 117 Å². The average molecular weight is 413 g/mol. The van der Waals surface area contributed by atoms with E-state index in [1.807, 2.05) is 0 Å². The summed E-state index contributed by atoms with van der Waals surface area (Å²) in [5, 5.41) is 14.9. The second-order valence-electron chi connectivity index (χ2n) is 5.96. The van der Waals surface area contributed by atoms with Gasteiger partial charge in [-0.15, -0.1) is 0 Å². The fourth-order valence-electron chi connectivity index (χ4n) is 2.74. The van der Waals surface area contributed by atoms with Gasteiger partial charge in [-0.1, -0.05) is 48.9 Å². The number of benzene rings is 2. The first kappa shape index (κ1) is 20.1. The summed E-state index contributed by atoms with van der Waals surface area (Å²) in [6.45, 7) is 1.69. The van der Waals surface area contributed by atoms with E-state index in [4.69, 9.17) is 11.6 Å². The van der Waals surface area contributed by atoms with Gasteiger partial charge < -0.3 is 5.11 Å². The second-order valence-corrected chi connectivity index (χ2v) is 6.37. The van der Waals surface area contributed by atoms with E-state index in [0.717, 1.165) is 4.57 Å². The zero-order valence-corrected chi connectivity index (χ0v) is 16.1. The predicted molar refractivity (Wildman–Crippen MR) is 110 cm³/mol. The van der Waals surface area contributed by atoms with Gasteiger partial charge >= 0.3 is 5.69 Å². The SMILES string of the molecule is CC/C(=N/NC(=O)c1ccccc1Cl)c1c(O)n(-c2ccccc2)c(=O)[nH]c1=O. The fraction of sp³-hybridized carbons (Fsp3) is 0.100. The van der Waals surface area contributed by atoms with Crippen molar-refractivity contribution in [3.8, 4) is 11.6 Å². The molecule has 29 heavy (non-hydrogen) atoms. The Kier molecular flexibility index (Phi) is 5.94. The zero-order chi connectivity index (χ0) is 21.0. The molecule has 0 fully saturated rings. The van der Waals surface area contributed by atoms with Gasteiger partial charge in [0.1, 0.15) is 5.56 Å². The van der Waals surface area contributed by atoms with Crippen molar-refractivity contribution in [1.82, 2.24) is 15.0 Å². The van der Waals surface area contributed by atoms with Crippen LogP contribution in [-0.2, 0) is 0 Å². The summed E-state index contributed by atoms with van der Waals surface area (Å²) in [6.07, 6.45) is 0.201. The molecule has 0 aliphatic carbocycles. The maximum absolute atomic E-state index is 12.4. The van der Waals surface area contributed by atoms with Crippen molar-refractivity contribution in [2.75, 3.05) is 0 Å². The van der Waals surface area contributed by atoms with Gasteiger partial charge in [-0.2, -0.15) is 5.10 Å². The second kappa shape index (κ2) is 8.57. The van der Waals surface area contributed by atoms with Crippen molar-refractivity contribution < 1.29 is 9.90 Å². The molecule has 3 rings (SSSR count). The van der Waals surface area contributed by atoms with Gasteiger partial charge in [-0.25, -0.2) is 14.8 Å². The quantitative estimate of drug-likeness (QED) is 0.440. The number of aromatic nitrogens is 2. The molecule has 0 unspecified atom stereocenters. The number of hydrogen-bond donors (Lipinski definition) is 3. The number of nitrogens with one attached hydrogen (secondary N) is 2. The highest BCUT2D eigenvalue weighted by molar-refractivity contribution is 6.33. The molecule has 148 valence electrons. The molecule has 1 aromatic heterocycles. The molecule has 0 saturated carbocycles. The minimum Gasteiger partial charge on any atom is -0.493 e. The van der Waals surface area contributed by atoms with Gasteiger partial charge in [0.25, 0.3) is 11.5 Å². The van der Waals surface area contributed by atoms with Crippen molar-refractivity contribution in [3.63, 3.8) is 0 Å². The molecule has 2 aromatic carbocycles. The first-order valence-electron chi connectivity index (χ1n) is 8.69. The Bertz CT molecular complexity index is 1200. The summed E-state index contributed by atoms with van der Waals surface area (Å²) in [7, 11) is 0. The van der Waals surface area contributed by atoms with Crippen LogP contribution in [0.2, 0.25) is 5.02 Å². The van der Waals surface area contributed by atoms with Crippen LogP contribution >= 0.6 is 11.6 Å². The van der Waals surface area contributed by atoms with E-state index in [0.29, 0.717) is 5.69 Å². The molecule has 0 atom stereocenters. The average Bonchev–Trinajstić information content (AvgIpc) is 2.71. The molecule has 0 aliphatic rings. The third-order valence-electron chi connectivity index (χ3n) is 4.13. The van der Waals surface area contributed by atoms with Crippen molar-refractivity contribution in [2.45, 2.75) is 13.3 Å². The molecular weight excluding hydrogens is 396 g/mol. The van der Waals surface area contributed by atoms with E-state index in [9.17, 15) is 19.5 Å². The highest BCUT2D eigenvalue weighted by Crippen LogP contribution is 2.18. The number of carbonyl (C=O) groups excluding carboxylic acids is 1. The number of para-hydroxylation sites is 1. The first-order chi connectivity index (χ1) is 13.9. The standard InChI is InChI=1S/C20H17ClN4O4/c1-2-15(23-24-17(26)13-10-6-7-11-14(13)21)16-18(27)22-20(29)25(19(16)28)12-8-4-3-5-9-12/h3-11,28H,2H2,1H3,(H,24,26)(H,22,27,29)/b23-15-. The lowest BCUT2D eigenvalue weighted by Crippen LogP contribution is -2.34. The molecule has 8 nitrogen and oxygen atoms in total. The van der Waals surface area contributed by atoms with E-state index >= 15 is 0 Å². The Labute approximate surface area is 170 Å². The van der Waals surface area contributed by atoms with Gasteiger partial charge in [0.05, 0.1) is 22.0 Å². The largest absolute Gasteiger partial charge is 0.493 e. The number of amides is 1. The number of hydrogen-bond acceptors (Lipinski definition) is 5. The smallest absolute Gasteiger partial charge is 0.335 e. The van der Waals surface area contributed by atoms with E-state index in [1.54, 1.807) is 55.5 Å². The maximum Gasteiger partial charge on any atom is 0.335 e. The molecular formula is C20H17ClN4O4. The summed E-state index contributed by atoms with van der Waals surface area (Å²) < 4.78 is 0.956. The van der Waals surface area contributed by atoms with Crippen LogP contribution in [0.1, 0.15) is 29.3 Å². The highest BCUT2D eigenvalue weighted by atomic mass is 35.5. The first-order valence-corrected chi connectivity index (χ1v) is 9.07. The Morgan fingerprint density at radius 1 is 1.14 bits per heavy atom. The van der Waals surface area contributed by atoms with E-state index in [2.05, 4.69) is 15.5 Å². The van der Waals surface area contributed by atoms with Crippen LogP contribution in [-0.4, -0.2) is 26.3 Å². The third-order valence-corrected chi connectivity index (χ3v) is 4.46. The molecule has 3 N–H and O–H groups in total. The summed E-state index contributed by atoms with van der Waals surface area (Å²) in [5.41, 5.74) is 1.18. The zero-order valence-electron chi connectivity index (χ0n) is 15.3.